The summed E-state index contributed by atoms with van der Waals surface area (Å²) in [5, 5.41) is 1.34. The van der Waals surface area contributed by atoms with Crippen molar-refractivity contribution < 1.29 is 4.79 Å². The summed E-state index contributed by atoms with van der Waals surface area (Å²) >= 11 is 11.8. The zero-order valence-corrected chi connectivity index (χ0v) is 12.7. The van der Waals surface area contributed by atoms with Crippen molar-refractivity contribution in [2.45, 2.75) is 13.0 Å². The van der Waals surface area contributed by atoms with Gasteiger partial charge in [0.2, 0.25) is 5.91 Å². The van der Waals surface area contributed by atoms with E-state index in [1.54, 1.807) is 18.0 Å². The maximum absolute atomic E-state index is 12.2. The van der Waals surface area contributed by atoms with Crippen LogP contribution in [0, 0.1) is 0 Å². The molecule has 2 rings (SSSR count). The molecule has 0 aliphatic rings. The smallest absolute Gasteiger partial charge is 0.227 e. The lowest BCUT2D eigenvalue weighted by Gasteiger charge is -2.17. The molecule has 0 aliphatic heterocycles. The fourth-order valence-electron chi connectivity index (χ4n) is 1.91. The highest BCUT2D eigenvalue weighted by atomic mass is 35.5. The molecule has 0 aliphatic carbocycles. The molecule has 0 heterocycles. The van der Waals surface area contributed by atoms with Gasteiger partial charge in [0.05, 0.1) is 6.42 Å². The van der Waals surface area contributed by atoms with Crippen LogP contribution in [0.25, 0.3) is 0 Å². The van der Waals surface area contributed by atoms with Crippen LogP contribution >= 0.6 is 23.2 Å². The second-order valence-corrected chi connectivity index (χ2v) is 5.56. The number of carbonyl (C=O) groups excluding carboxylic acids is 1. The summed E-state index contributed by atoms with van der Waals surface area (Å²) in [5.74, 6) is 0.0576. The third kappa shape index (κ3) is 4.26. The molecule has 104 valence electrons. The Kier molecular flexibility index (Phi) is 5.05. The monoisotopic (exact) mass is 307 g/mol. The van der Waals surface area contributed by atoms with E-state index in [9.17, 15) is 4.79 Å². The maximum atomic E-state index is 12.2. The number of halogens is 2. The quantitative estimate of drug-likeness (QED) is 0.829. The Morgan fingerprint density at radius 3 is 2.35 bits per heavy atom. The second kappa shape index (κ2) is 6.78. The fourth-order valence-corrected chi connectivity index (χ4v) is 2.25. The van der Waals surface area contributed by atoms with E-state index in [1.165, 1.54) is 0 Å². The van der Waals surface area contributed by atoms with Gasteiger partial charge in [-0.25, -0.2) is 0 Å². The fraction of sp³-hybridized carbons (Fsp3) is 0.188. The van der Waals surface area contributed by atoms with Crippen LogP contribution < -0.4 is 0 Å². The van der Waals surface area contributed by atoms with Crippen LogP contribution in [0.4, 0.5) is 0 Å². The van der Waals surface area contributed by atoms with E-state index in [-0.39, 0.29) is 5.91 Å². The van der Waals surface area contributed by atoms with Crippen LogP contribution in [0.3, 0.4) is 0 Å². The number of rotatable bonds is 4. The van der Waals surface area contributed by atoms with Crippen molar-refractivity contribution in [3.63, 3.8) is 0 Å². The van der Waals surface area contributed by atoms with Crippen LogP contribution in [-0.4, -0.2) is 17.9 Å². The van der Waals surface area contributed by atoms with Crippen LogP contribution in [0.1, 0.15) is 11.1 Å². The van der Waals surface area contributed by atoms with Crippen molar-refractivity contribution in [3.05, 3.63) is 69.7 Å². The van der Waals surface area contributed by atoms with Crippen LogP contribution in [0.15, 0.2) is 48.5 Å². The van der Waals surface area contributed by atoms with Crippen LogP contribution in [0.2, 0.25) is 10.0 Å². The van der Waals surface area contributed by atoms with Gasteiger partial charge in [0.15, 0.2) is 0 Å². The molecule has 0 unspecified atom stereocenters. The highest BCUT2D eigenvalue weighted by Gasteiger charge is 2.10. The van der Waals surface area contributed by atoms with Crippen molar-refractivity contribution in [2.24, 2.45) is 0 Å². The molecular formula is C16H15Cl2NO. The average molecular weight is 308 g/mol. The lowest BCUT2D eigenvalue weighted by molar-refractivity contribution is -0.129. The molecule has 1 amide bonds. The minimum absolute atomic E-state index is 0.0576. The third-order valence-corrected chi connectivity index (χ3v) is 3.49. The molecule has 0 saturated carbocycles. The summed E-state index contributed by atoms with van der Waals surface area (Å²) in [5.41, 5.74) is 1.97. The molecule has 0 saturated heterocycles. The third-order valence-electron chi connectivity index (χ3n) is 3.00. The molecule has 0 radical (unpaired) electrons. The highest BCUT2D eigenvalue weighted by Crippen LogP contribution is 2.14. The Morgan fingerprint density at radius 2 is 1.70 bits per heavy atom. The largest absolute Gasteiger partial charge is 0.341 e. The van der Waals surface area contributed by atoms with Gasteiger partial charge in [-0.2, -0.15) is 0 Å². The van der Waals surface area contributed by atoms with Crippen LogP contribution in [-0.2, 0) is 17.8 Å². The number of likely N-dealkylation sites (N-methyl/N-ethyl adjacent to an activating group) is 1. The minimum atomic E-state index is 0.0576. The summed E-state index contributed by atoms with van der Waals surface area (Å²) in [4.78, 5) is 13.9. The summed E-state index contributed by atoms with van der Waals surface area (Å²) in [7, 11) is 1.79. The van der Waals surface area contributed by atoms with Crippen molar-refractivity contribution >= 4 is 29.1 Å². The van der Waals surface area contributed by atoms with E-state index in [0.29, 0.717) is 23.0 Å². The standard InChI is InChI=1S/C16H15Cl2NO/c1-19(11-12-5-7-14(17)8-6-12)16(20)10-13-3-2-4-15(18)9-13/h2-9H,10-11H2,1H3. The first-order valence-corrected chi connectivity index (χ1v) is 7.03. The maximum Gasteiger partial charge on any atom is 0.227 e. The Labute approximate surface area is 128 Å². The summed E-state index contributed by atoms with van der Waals surface area (Å²) in [6.45, 7) is 0.566. The zero-order valence-electron chi connectivity index (χ0n) is 11.1. The van der Waals surface area contributed by atoms with E-state index in [2.05, 4.69) is 0 Å². The molecule has 20 heavy (non-hydrogen) atoms. The summed E-state index contributed by atoms with van der Waals surface area (Å²) < 4.78 is 0. The van der Waals surface area contributed by atoms with E-state index in [4.69, 9.17) is 23.2 Å². The molecule has 4 heteroatoms. The number of carbonyl (C=O) groups is 1. The van der Waals surface area contributed by atoms with Gasteiger partial charge >= 0.3 is 0 Å². The predicted molar refractivity (Wildman–Crippen MR) is 83.1 cm³/mol. The first kappa shape index (κ1) is 14.9. The first-order chi connectivity index (χ1) is 9.54. The Bertz CT molecular complexity index is 596. The van der Waals surface area contributed by atoms with E-state index in [0.717, 1.165) is 11.1 Å². The average Bonchev–Trinajstić information content (AvgIpc) is 2.41. The summed E-state index contributed by atoms with van der Waals surface area (Å²) in [6.07, 6.45) is 0.352. The molecule has 0 aromatic heterocycles. The van der Waals surface area contributed by atoms with Gasteiger partial charge in [-0.1, -0.05) is 47.5 Å². The van der Waals surface area contributed by atoms with E-state index in [1.807, 2.05) is 42.5 Å². The lowest BCUT2D eigenvalue weighted by Crippen LogP contribution is -2.27. The molecule has 0 atom stereocenters. The molecule has 2 aromatic rings. The molecule has 0 spiro atoms. The van der Waals surface area contributed by atoms with E-state index >= 15 is 0 Å². The topological polar surface area (TPSA) is 20.3 Å². The van der Waals surface area contributed by atoms with Gasteiger partial charge in [0.1, 0.15) is 0 Å². The number of hydrogen-bond donors (Lipinski definition) is 0. The Morgan fingerprint density at radius 1 is 1.00 bits per heavy atom. The molecule has 2 aromatic carbocycles. The normalized spacial score (nSPS) is 10.3. The molecular weight excluding hydrogens is 293 g/mol. The first-order valence-electron chi connectivity index (χ1n) is 6.27. The Balaban J connectivity index is 1.96. The minimum Gasteiger partial charge on any atom is -0.341 e. The van der Waals surface area contributed by atoms with Gasteiger partial charge in [-0.05, 0) is 35.4 Å². The Hall–Kier alpha value is -1.51. The lowest BCUT2D eigenvalue weighted by atomic mass is 10.1. The molecule has 2 nitrogen and oxygen atoms in total. The van der Waals surface area contributed by atoms with Crippen molar-refractivity contribution in [1.82, 2.24) is 4.90 Å². The van der Waals surface area contributed by atoms with Gasteiger partial charge in [-0.15, -0.1) is 0 Å². The summed E-state index contributed by atoms with van der Waals surface area (Å²) in [6, 6.07) is 14.9. The predicted octanol–water partition coefficient (Wildman–Crippen LogP) is 4.19. The van der Waals surface area contributed by atoms with Crippen molar-refractivity contribution in [2.75, 3.05) is 7.05 Å². The number of hydrogen-bond acceptors (Lipinski definition) is 1. The number of nitrogens with zero attached hydrogens (tertiary/aromatic N) is 1. The van der Waals surface area contributed by atoms with Gasteiger partial charge in [0.25, 0.3) is 0 Å². The molecule has 0 fully saturated rings. The van der Waals surface area contributed by atoms with Crippen molar-refractivity contribution in [3.8, 4) is 0 Å². The zero-order chi connectivity index (χ0) is 14.5. The van der Waals surface area contributed by atoms with Crippen molar-refractivity contribution in [1.29, 1.82) is 0 Å². The van der Waals surface area contributed by atoms with Gasteiger partial charge in [0, 0.05) is 23.6 Å². The SMILES string of the molecule is CN(Cc1ccc(Cl)cc1)C(=O)Cc1cccc(Cl)c1. The number of amides is 1. The molecule has 0 bridgehead atoms. The highest BCUT2D eigenvalue weighted by molar-refractivity contribution is 6.30. The van der Waals surface area contributed by atoms with Crippen LogP contribution in [0.5, 0.6) is 0 Å². The van der Waals surface area contributed by atoms with Gasteiger partial charge < -0.3 is 4.90 Å². The van der Waals surface area contributed by atoms with E-state index < -0.39 is 0 Å². The van der Waals surface area contributed by atoms with Gasteiger partial charge in [-0.3, -0.25) is 4.79 Å². The molecule has 0 N–H and O–H groups in total. The second-order valence-electron chi connectivity index (χ2n) is 4.68. The number of benzene rings is 2.